The molecule has 2 heterocycles. The van der Waals surface area contributed by atoms with E-state index in [1.54, 1.807) is 6.20 Å². The van der Waals surface area contributed by atoms with Crippen LogP contribution < -0.4 is 10.5 Å². The molecular formula is C23H27N5O2S. The Balaban J connectivity index is 1.44. The fraction of sp³-hybridized carbons (Fsp3) is 0.348. The van der Waals surface area contributed by atoms with E-state index >= 15 is 0 Å². The van der Waals surface area contributed by atoms with Crippen molar-refractivity contribution in [1.82, 2.24) is 14.5 Å². The van der Waals surface area contributed by atoms with Crippen molar-refractivity contribution in [3.8, 4) is 0 Å². The number of nitrogens with two attached hydrogens (primary N) is 1. The molecule has 2 unspecified atom stereocenters. The standard InChI is InChI=1S/C23H27N5O2S/c1-16-3-2-4-17(9-16)12-28-8-7-19(13-28)22(29)21-11-25-15-26-23(21)27-20-6-5-18(10-20)14-30-31-24/h2-4,7-9,11,13,15,18,20H,5-6,10,12,14,24H2,1H3,(H,25,26,27). The van der Waals surface area contributed by atoms with Gasteiger partial charge in [0.2, 0.25) is 0 Å². The summed E-state index contributed by atoms with van der Waals surface area (Å²) in [5.41, 5.74) is 3.55. The number of rotatable bonds is 9. The number of benzene rings is 1. The van der Waals surface area contributed by atoms with Gasteiger partial charge in [-0.15, -0.1) is 0 Å². The molecule has 0 spiro atoms. The van der Waals surface area contributed by atoms with Gasteiger partial charge in [-0.05, 0) is 43.7 Å². The number of anilines is 1. The molecule has 1 aromatic carbocycles. The molecule has 0 aliphatic heterocycles. The molecule has 3 aromatic rings. The number of hydrogen-bond donors (Lipinski definition) is 2. The van der Waals surface area contributed by atoms with E-state index < -0.39 is 0 Å². The fourth-order valence-electron chi connectivity index (χ4n) is 4.15. The van der Waals surface area contributed by atoms with Gasteiger partial charge in [-0.2, -0.15) is 0 Å². The highest BCUT2D eigenvalue weighted by molar-refractivity contribution is 7.92. The molecule has 4 rings (SSSR count). The minimum atomic E-state index is -0.0801. The Morgan fingerprint density at radius 3 is 3.10 bits per heavy atom. The molecule has 3 N–H and O–H groups in total. The van der Waals surface area contributed by atoms with Crippen LogP contribution in [-0.4, -0.2) is 33.0 Å². The number of carbonyl (C=O) groups excluding carboxylic acids is 1. The van der Waals surface area contributed by atoms with Crippen LogP contribution in [0.15, 0.2) is 55.2 Å². The third-order valence-corrected chi connectivity index (χ3v) is 5.94. The van der Waals surface area contributed by atoms with Crippen molar-refractivity contribution >= 4 is 23.8 Å². The van der Waals surface area contributed by atoms with Crippen LogP contribution in [0.1, 0.15) is 46.3 Å². The molecule has 1 saturated carbocycles. The molecule has 0 bridgehead atoms. The molecule has 8 heteroatoms. The van der Waals surface area contributed by atoms with E-state index in [9.17, 15) is 4.79 Å². The molecule has 7 nitrogen and oxygen atoms in total. The highest BCUT2D eigenvalue weighted by Gasteiger charge is 2.26. The van der Waals surface area contributed by atoms with Crippen molar-refractivity contribution < 1.29 is 8.98 Å². The quantitative estimate of drug-likeness (QED) is 0.297. The lowest BCUT2D eigenvalue weighted by atomic mass is 10.1. The van der Waals surface area contributed by atoms with Crippen LogP contribution in [0.2, 0.25) is 0 Å². The van der Waals surface area contributed by atoms with Crippen LogP contribution >= 0.6 is 12.2 Å². The lowest BCUT2D eigenvalue weighted by molar-refractivity contribution is 0.103. The van der Waals surface area contributed by atoms with Gasteiger partial charge in [-0.25, -0.2) is 9.97 Å². The third kappa shape index (κ3) is 5.52. The number of carbonyl (C=O) groups is 1. The largest absolute Gasteiger partial charge is 0.367 e. The number of ketones is 1. The van der Waals surface area contributed by atoms with Gasteiger partial charge in [0.05, 0.1) is 24.4 Å². The minimum absolute atomic E-state index is 0.0801. The molecule has 1 aliphatic rings. The van der Waals surface area contributed by atoms with Crippen LogP contribution in [0.5, 0.6) is 0 Å². The normalized spacial score (nSPS) is 18.3. The van der Waals surface area contributed by atoms with Crippen LogP contribution in [0.3, 0.4) is 0 Å². The first-order valence-electron chi connectivity index (χ1n) is 10.4. The summed E-state index contributed by atoms with van der Waals surface area (Å²) in [5, 5.41) is 8.79. The van der Waals surface area contributed by atoms with Gasteiger partial charge in [-0.3, -0.25) is 9.93 Å². The topological polar surface area (TPSA) is 95.1 Å². The zero-order chi connectivity index (χ0) is 21.6. The highest BCUT2D eigenvalue weighted by Crippen LogP contribution is 2.29. The second-order valence-corrected chi connectivity index (χ2v) is 8.50. The summed E-state index contributed by atoms with van der Waals surface area (Å²) in [5.74, 6) is 0.972. The average molecular weight is 438 g/mol. The van der Waals surface area contributed by atoms with Crippen molar-refractivity contribution in [1.29, 1.82) is 0 Å². The van der Waals surface area contributed by atoms with E-state index in [0.29, 0.717) is 29.5 Å². The predicted molar refractivity (Wildman–Crippen MR) is 123 cm³/mol. The van der Waals surface area contributed by atoms with E-state index in [1.807, 2.05) is 29.1 Å². The van der Waals surface area contributed by atoms with Crippen molar-refractivity contribution in [2.75, 3.05) is 11.9 Å². The summed E-state index contributed by atoms with van der Waals surface area (Å²) in [7, 11) is 0. The molecule has 162 valence electrons. The van der Waals surface area contributed by atoms with Crippen molar-refractivity contribution in [3.63, 3.8) is 0 Å². The molecule has 0 amide bonds. The number of aromatic nitrogens is 3. The molecule has 1 aliphatic carbocycles. The zero-order valence-corrected chi connectivity index (χ0v) is 18.3. The number of aryl methyl sites for hydroxylation is 1. The minimum Gasteiger partial charge on any atom is -0.367 e. The summed E-state index contributed by atoms with van der Waals surface area (Å²) in [6.07, 6.45) is 9.92. The second kappa shape index (κ2) is 10.1. The number of nitrogens with zero attached hydrogens (tertiary/aromatic N) is 3. The lowest BCUT2D eigenvalue weighted by Crippen LogP contribution is -2.20. The van der Waals surface area contributed by atoms with Gasteiger partial charge in [0, 0.05) is 36.7 Å². The average Bonchev–Trinajstić information content (AvgIpc) is 3.42. The van der Waals surface area contributed by atoms with Gasteiger partial charge in [0.25, 0.3) is 0 Å². The zero-order valence-electron chi connectivity index (χ0n) is 17.5. The van der Waals surface area contributed by atoms with Crippen molar-refractivity contribution in [3.05, 3.63) is 77.5 Å². The van der Waals surface area contributed by atoms with E-state index in [0.717, 1.165) is 38.0 Å². The summed E-state index contributed by atoms with van der Waals surface area (Å²) in [6, 6.07) is 10.5. The third-order valence-electron chi connectivity index (χ3n) is 5.67. The maximum atomic E-state index is 13.2. The summed E-state index contributed by atoms with van der Waals surface area (Å²) >= 11 is 0.913. The lowest BCUT2D eigenvalue weighted by Gasteiger charge is -2.15. The fourth-order valence-corrected chi connectivity index (χ4v) is 4.42. The molecule has 2 aromatic heterocycles. The van der Waals surface area contributed by atoms with E-state index in [2.05, 4.69) is 40.4 Å². The molecule has 0 saturated heterocycles. The van der Waals surface area contributed by atoms with Gasteiger partial charge < -0.3 is 14.1 Å². The Morgan fingerprint density at radius 2 is 2.26 bits per heavy atom. The van der Waals surface area contributed by atoms with Gasteiger partial charge in [0.15, 0.2) is 5.78 Å². The second-order valence-electron chi connectivity index (χ2n) is 8.08. The molecule has 2 atom stereocenters. The molecule has 0 radical (unpaired) electrons. The first-order valence-corrected chi connectivity index (χ1v) is 11.2. The van der Waals surface area contributed by atoms with E-state index in [1.165, 1.54) is 17.5 Å². The molecule has 1 fully saturated rings. The van der Waals surface area contributed by atoms with E-state index in [-0.39, 0.29) is 11.8 Å². The Hall–Kier alpha value is -2.68. The maximum absolute atomic E-state index is 13.2. The van der Waals surface area contributed by atoms with Crippen LogP contribution in [0, 0.1) is 12.8 Å². The highest BCUT2D eigenvalue weighted by atomic mass is 32.2. The monoisotopic (exact) mass is 437 g/mol. The Morgan fingerprint density at radius 1 is 1.35 bits per heavy atom. The van der Waals surface area contributed by atoms with E-state index in [4.69, 9.17) is 9.32 Å². The SMILES string of the molecule is Cc1cccc(Cn2ccc(C(=O)c3cncnc3NC3CCC(COSN)C3)c2)c1. The smallest absolute Gasteiger partial charge is 0.199 e. The Bertz CT molecular complexity index is 1040. The summed E-state index contributed by atoms with van der Waals surface area (Å²) in [4.78, 5) is 21.6. The van der Waals surface area contributed by atoms with Gasteiger partial charge in [-0.1, -0.05) is 29.8 Å². The predicted octanol–water partition coefficient (Wildman–Crippen LogP) is 3.98. The first-order chi connectivity index (χ1) is 15.1. The van der Waals surface area contributed by atoms with Crippen LogP contribution in [-0.2, 0) is 10.7 Å². The molecular weight excluding hydrogens is 410 g/mol. The Kier molecular flexibility index (Phi) is 7.01. The summed E-state index contributed by atoms with van der Waals surface area (Å²) in [6.45, 7) is 3.44. The van der Waals surface area contributed by atoms with Crippen LogP contribution in [0.4, 0.5) is 5.82 Å². The Labute approximate surface area is 186 Å². The number of hydrogen-bond acceptors (Lipinski definition) is 7. The van der Waals surface area contributed by atoms with Crippen molar-refractivity contribution in [2.24, 2.45) is 11.1 Å². The van der Waals surface area contributed by atoms with Crippen molar-refractivity contribution in [2.45, 2.75) is 38.8 Å². The van der Waals surface area contributed by atoms with Gasteiger partial charge in [0.1, 0.15) is 12.1 Å². The first kappa shape index (κ1) is 21.5. The summed E-state index contributed by atoms with van der Waals surface area (Å²) < 4.78 is 7.30. The maximum Gasteiger partial charge on any atom is 0.199 e. The van der Waals surface area contributed by atoms with Gasteiger partial charge >= 0.3 is 0 Å². The van der Waals surface area contributed by atoms with Crippen LogP contribution in [0.25, 0.3) is 0 Å². The number of nitrogens with one attached hydrogen (secondary N) is 1. The molecule has 31 heavy (non-hydrogen) atoms.